The predicted octanol–water partition coefficient (Wildman–Crippen LogP) is 3.04. The molecule has 0 aliphatic heterocycles. The molecule has 3 nitrogen and oxygen atoms in total. The average molecular weight is 302 g/mol. The molecule has 0 aromatic heterocycles. The fraction of sp³-hybridized carbons (Fsp3) is 0.429. The Morgan fingerprint density at radius 2 is 1.71 bits per heavy atom. The summed E-state index contributed by atoms with van der Waals surface area (Å²) in [7, 11) is 0. The number of alkyl halides is 2. The number of carbonyl (C=O) groups excluding carboxylic acids is 1. The van der Waals surface area contributed by atoms with E-state index in [9.17, 15) is 27.2 Å². The molecule has 112 valence electrons. The molecular weight excluding hydrogens is 292 g/mol. The van der Waals surface area contributed by atoms with E-state index in [1.54, 1.807) is 0 Å². The van der Waals surface area contributed by atoms with Crippen molar-refractivity contribution in [1.82, 2.24) is 0 Å². The lowest BCUT2D eigenvalue weighted by molar-refractivity contribution is -0.289. The quantitative estimate of drug-likeness (QED) is 0.687. The number of halogens is 4. The normalized spacial score (nSPS) is 30.3. The van der Waals surface area contributed by atoms with Crippen LogP contribution in [0, 0.1) is 22.5 Å². The molecule has 0 heterocycles. The number of carboxylic acid groups (broad SMARTS) is 1. The number of aliphatic carboxylic acids is 1. The first-order chi connectivity index (χ1) is 9.64. The molecule has 4 rings (SSSR count). The summed E-state index contributed by atoms with van der Waals surface area (Å²) in [6.07, 6.45) is -0.884. The van der Waals surface area contributed by atoms with Crippen LogP contribution in [-0.4, -0.2) is 22.8 Å². The van der Waals surface area contributed by atoms with Gasteiger partial charge in [0, 0.05) is 11.5 Å². The Bertz CT molecular complexity index is 648. The number of ketones is 1. The molecule has 7 heteroatoms. The topological polar surface area (TPSA) is 54.4 Å². The Hall–Kier alpha value is -1.92. The van der Waals surface area contributed by atoms with E-state index in [1.165, 1.54) is 0 Å². The monoisotopic (exact) mass is 302 g/mol. The van der Waals surface area contributed by atoms with Crippen molar-refractivity contribution in [3.05, 3.63) is 35.4 Å². The van der Waals surface area contributed by atoms with E-state index in [4.69, 9.17) is 5.11 Å². The molecule has 0 amide bonds. The number of carbonyl (C=O) groups is 2. The van der Waals surface area contributed by atoms with Gasteiger partial charge >= 0.3 is 11.9 Å². The highest BCUT2D eigenvalue weighted by Gasteiger charge is 2.82. The summed E-state index contributed by atoms with van der Waals surface area (Å²) in [6, 6.07) is 1.77. The Kier molecular flexibility index (Phi) is 2.56. The molecular formula is C14H10F4O3. The minimum atomic E-state index is -3.86. The van der Waals surface area contributed by atoms with Gasteiger partial charge < -0.3 is 5.11 Å². The second kappa shape index (κ2) is 3.84. The van der Waals surface area contributed by atoms with Gasteiger partial charge in [0.2, 0.25) is 5.78 Å². The molecule has 0 saturated heterocycles. The summed E-state index contributed by atoms with van der Waals surface area (Å²) in [5.41, 5.74) is -3.75. The molecule has 1 N–H and O–H groups in total. The smallest absolute Gasteiger partial charge is 0.315 e. The van der Waals surface area contributed by atoms with Gasteiger partial charge in [-0.2, -0.15) is 8.78 Å². The molecule has 3 aliphatic carbocycles. The van der Waals surface area contributed by atoms with Crippen LogP contribution < -0.4 is 0 Å². The van der Waals surface area contributed by atoms with Crippen molar-refractivity contribution in [2.45, 2.75) is 25.2 Å². The number of hydrogen-bond donors (Lipinski definition) is 1. The Balaban J connectivity index is 1.87. The van der Waals surface area contributed by atoms with Crippen LogP contribution >= 0.6 is 0 Å². The molecule has 3 aliphatic rings. The van der Waals surface area contributed by atoms with E-state index in [1.807, 2.05) is 0 Å². The summed E-state index contributed by atoms with van der Waals surface area (Å²) in [4.78, 5) is 22.8. The molecule has 3 fully saturated rings. The van der Waals surface area contributed by atoms with E-state index in [2.05, 4.69) is 0 Å². The molecule has 0 unspecified atom stereocenters. The third-order valence-corrected chi connectivity index (χ3v) is 4.61. The minimum Gasteiger partial charge on any atom is -0.481 e. The van der Waals surface area contributed by atoms with Gasteiger partial charge in [-0.05, 0) is 31.4 Å². The number of hydrogen-bond acceptors (Lipinski definition) is 2. The molecule has 2 bridgehead atoms. The molecule has 1 aromatic rings. The van der Waals surface area contributed by atoms with Gasteiger partial charge in [-0.3, -0.25) is 9.59 Å². The van der Waals surface area contributed by atoms with E-state index in [-0.39, 0.29) is 19.3 Å². The Labute approximate surface area is 116 Å². The minimum absolute atomic E-state index is 0.295. The van der Waals surface area contributed by atoms with Gasteiger partial charge in [-0.25, -0.2) is 8.78 Å². The number of Topliss-reactive ketones (excluding diaryl/α,β-unsaturated/α-hetero) is 1. The highest BCUT2D eigenvalue weighted by atomic mass is 19.3. The van der Waals surface area contributed by atoms with Crippen LogP contribution in [0.25, 0.3) is 0 Å². The molecule has 3 saturated carbocycles. The number of carboxylic acids is 1. The van der Waals surface area contributed by atoms with E-state index >= 15 is 0 Å². The first kappa shape index (κ1) is 14.0. The van der Waals surface area contributed by atoms with Crippen LogP contribution in [-0.2, 0) is 4.79 Å². The first-order valence-electron chi connectivity index (χ1n) is 6.25. The van der Waals surface area contributed by atoms with E-state index in [0.717, 1.165) is 6.07 Å². The Morgan fingerprint density at radius 1 is 1.14 bits per heavy atom. The molecule has 0 atom stereocenters. The second-order valence-corrected chi connectivity index (χ2v) is 5.92. The van der Waals surface area contributed by atoms with Gasteiger partial charge in [0.05, 0.1) is 11.0 Å². The molecule has 21 heavy (non-hydrogen) atoms. The summed E-state index contributed by atoms with van der Waals surface area (Å²) < 4.78 is 54.8. The lowest BCUT2D eigenvalue weighted by Gasteiger charge is -2.69. The van der Waals surface area contributed by atoms with Crippen LogP contribution in [0.3, 0.4) is 0 Å². The highest BCUT2D eigenvalue weighted by Crippen LogP contribution is 2.78. The Morgan fingerprint density at radius 3 is 2.19 bits per heavy atom. The fourth-order valence-electron chi connectivity index (χ4n) is 3.43. The van der Waals surface area contributed by atoms with Gasteiger partial charge in [0.25, 0.3) is 0 Å². The summed E-state index contributed by atoms with van der Waals surface area (Å²) >= 11 is 0. The molecule has 0 spiro atoms. The van der Waals surface area contributed by atoms with Crippen LogP contribution in [0.1, 0.15) is 29.6 Å². The maximum atomic E-state index is 14.3. The maximum absolute atomic E-state index is 14.3. The zero-order valence-corrected chi connectivity index (χ0v) is 10.6. The second-order valence-electron chi connectivity index (χ2n) is 5.92. The van der Waals surface area contributed by atoms with Crippen molar-refractivity contribution in [3.8, 4) is 0 Å². The van der Waals surface area contributed by atoms with Crippen molar-refractivity contribution < 1.29 is 32.3 Å². The summed E-state index contributed by atoms with van der Waals surface area (Å²) in [5, 5.41) is 8.91. The lowest BCUT2D eigenvalue weighted by atomic mass is 9.33. The van der Waals surface area contributed by atoms with Crippen molar-refractivity contribution in [3.63, 3.8) is 0 Å². The third kappa shape index (κ3) is 1.60. The molecule has 1 aromatic carbocycles. The van der Waals surface area contributed by atoms with Crippen molar-refractivity contribution >= 4 is 11.8 Å². The van der Waals surface area contributed by atoms with E-state index in [0.29, 0.717) is 12.1 Å². The SMILES string of the molecule is O=C(O)C12CC(C(F)(F)C(=O)c3ccc(F)cc3F)(C1)C2. The van der Waals surface area contributed by atoms with Crippen molar-refractivity contribution in [2.75, 3.05) is 0 Å². The van der Waals surface area contributed by atoms with Gasteiger partial charge in [-0.1, -0.05) is 0 Å². The van der Waals surface area contributed by atoms with Crippen LogP contribution in [0.2, 0.25) is 0 Å². The van der Waals surface area contributed by atoms with Gasteiger partial charge in [0.1, 0.15) is 11.6 Å². The zero-order chi connectivity index (χ0) is 15.6. The standard InChI is InChI=1S/C14H10F4O3/c15-7-1-2-8(9(16)3-7)10(19)14(17,18)13-4-12(5-13,6-13)11(20)21/h1-3H,4-6H2,(H,20,21). The largest absolute Gasteiger partial charge is 0.481 e. The van der Waals surface area contributed by atoms with Crippen LogP contribution in [0.5, 0.6) is 0 Å². The number of benzene rings is 1. The predicted molar refractivity (Wildman–Crippen MR) is 62.0 cm³/mol. The van der Waals surface area contributed by atoms with Crippen LogP contribution in [0.4, 0.5) is 17.6 Å². The van der Waals surface area contributed by atoms with E-state index < -0.39 is 45.7 Å². The fourth-order valence-corrected chi connectivity index (χ4v) is 3.43. The van der Waals surface area contributed by atoms with Crippen molar-refractivity contribution in [1.29, 1.82) is 0 Å². The zero-order valence-electron chi connectivity index (χ0n) is 10.6. The number of rotatable bonds is 4. The molecule has 0 radical (unpaired) electrons. The lowest BCUT2D eigenvalue weighted by Crippen LogP contribution is -2.73. The average Bonchev–Trinajstić information content (AvgIpc) is 2.23. The third-order valence-electron chi connectivity index (χ3n) is 4.61. The van der Waals surface area contributed by atoms with Gasteiger partial charge in [0.15, 0.2) is 0 Å². The van der Waals surface area contributed by atoms with Crippen LogP contribution in [0.15, 0.2) is 18.2 Å². The van der Waals surface area contributed by atoms with Crippen molar-refractivity contribution in [2.24, 2.45) is 10.8 Å². The first-order valence-corrected chi connectivity index (χ1v) is 6.25. The highest BCUT2D eigenvalue weighted by molar-refractivity contribution is 6.03. The maximum Gasteiger partial charge on any atom is 0.315 e. The summed E-state index contributed by atoms with van der Waals surface area (Å²) in [6.45, 7) is 0. The summed E-state index contributed by atoms with van der Waals surface area (Å²) in [5.74, 6) is -9.05. The van der Waals surface area contributed by atoms with Gasteiger partial charge in [-0.15, -0.1) is 0 Å².